The van der Waals surface area contributed by atoms with Crippen LogP contribution in [0.5, 0.6) is 0 Å². The number of hydrogen-bond acceptors (Lipinski definition) is 4. The van der Waals surface area contributed by atoms with Gasteiger partial charge >= 0.3 is 0 Å². The molecule has 3 rings (SSSR count). The third-order valence-electron chi connectivity index (χ3n) is 6.80. The van der Waals surface area contributed by atoms with Gasteiger partial charge < -0.3 is 10.2 Å². The second kappa shape index (κ2) is 14.6. The first-order valence-electron chi connectivity index (χ1n) is 13.6. The van der Waals surface area contributed by atoms with Crippen molar-refractivity contribution in [3.8, 4) is 0 Å². The number of nitrogens with zero attached hydrogens (tertiary/aromatic N) is 2. The molecule has 42 heavy (non-hydrogen) atoms. The number of sulfonamides is 1. The van der Waals surface area contributed by atoms with Crippen LogP contribution in [0.2, 0.25) is 15.1 Å². The Kier molecular flexibility index (Phi) is 11.7. The van der Waals surface area contributed by atoms with Crippen molar-refractivity contribution in [2.45, 2.75) is 58.5 Å². The Hall–Kier alpha value is -2.78. The van der Waals surface area contributed by atoms with E-state index in [9.17, 15) is 18.0 Å². The van der Waals surface area contributed by atoms with Crippen LogP contribution in [0.25, 0.3) is 0 Å². The summed E-state index contributed by atoms with van der Waals surface area (Å²) in [5.74, 6) is -0.694. The molecule has 11 heteroatoms. The van der Waals surface area contributed by atoms with Crippen molar-refractivity contribution in [1.29, 1.82) is 0 Å². The molecule has 0 saturated carbocycles. The lowest BCUT2D eigenvalue weighted by molar-refractivity contribution is -0.140. The van der Waals surface area contributed by atoms with E-state index in [2.05, 4.69) is 5.32 Å². The van der Waals surface area contributed by atoms with E-state index in [0.29, 0.717) is 39.2 Å². The minimum absolute atomic E-state index is 0.0102. The summed E-state index contributed by atoms with van der Waals surface area (Å²) in [7, 11) is -4.21. The number of nitrogens with one attached hydrogen (secondary N) is 1. The molecule has 0 heterocycles. The van der Waals surface area contributed by atoms with Crippen molar-refractivity contribution in [3.05, 3.63) is 92.4 Å². The highest BCUT2D eigenvalue weighted by Crippen LogP contribution is 2.32. The maximum absolute atomic E-state index is 14.2. The lowest BCUT2D eigenvalue weighted by Crippen LogP contribution is -2.52. The van der Waals surface area contributed by atoms with E-state index >= 15 is 0 Å². The van der Waals surface area contributed by atoms with E-state index in [1.165, 1.54) is 17.0 Å². The average Bonchev–Trinajstić information content (AvgIpc) is 2.94. The number of benzene rings is 3. The van der Waals surface area contributed by atoms with Crippen LogP contribution in [0, 0.1) is 19.8 Å². The van der Waals surface area contributed by atoms with Gasteiger partial charge in [-0.3, -0.25) is 13.9 Å². The third kappa shape index (κ3) is 8.19. The Morgan fingerprint density at radius 1 is 0.905 bits per heavy atom. The summed E-state index contributed by atoms with van der Waals surface area (Å²) in [6, 6.07) is 15.4. The van der Waals surface area contributed by atoms with E-state index in [1.807, 2.05) is 20.8 Å². The fraction of sp³-hybridized carbons (Fsp3) is 0.355. The molecule has 3 aromatic carbocycles. The molecular formula is C31H36Cl3N3O4S. The topological polar surface area (TPSA) is 86.8 Å². The molecule has 0 unspecified atom stereocenters. The highest BCUT2D eigenvalue weighted by Gasteiger charge is 2.34. The van der Waals surface area contributed by atoms with Crippen LogP contribution in [0.3, 0.4) is 0 Å². The summed E-state index contributed by atoms with van der Waals surface area (Å²) in [6.45, 7) is 9.18. The van der Waals surface area contributed by atoms with Crippen molar-refractivity contribution in [2.24, 2.45) is 5.92 Å². The van der Waals surface area contributed by atoms with Crippen LogP contribution in [0.1, 0.15) is 43.9 Å². The largest absolute Gasteiger partial charge is 0.354 e. The maximum Gasteiger partial charge on any atom is 0.264 e. The van der Waals surface area contributed by atoms with Crippen molar-refractivity contribution < 1.29 is 18.0 Å². The molecule has 3 aromatic rings. The molecule has 0 aliphatic heterocycles. The van der Waals surface area contributed by atoms with Crippen LogP contribution in [0.4, 0.5) is 5.69 Å². The van der Waals surface area contributed by atoms with Gasteiger partial charge in [0.05, 0.1) is 20.6 Å². The van der Waals surface area contributed by atoms with Crippen LogP contribution in [-0.2, 0) is 26.2 Å². The highest BCUT2D eigenvalue weighted by atomic mass is 35.5. The quantitative estimate of drug-likeness (QED) is 0.227. The van der Waals surface area contributed by atoms with Crippen molar-refractivity contribution in [3.63, 3.8) is 0 Å². The molecule has 0 fully saturated rings. The number of carbonyl (C=O) groups is 2. The molecule has 0 saturated heterocycles. The normalized spacial score (nSPS) is 12.2. The van der Waals surface area contributed by atoms with E-state index in [0.717, 1.165) is 9.87 Å². The van der Waals surface area contributed by atoms with Gasteiger partial charge in [0.2, 0.25) is 11.8 Å². The SMILES string of the molecule is CC[C@H](C(=O)NCC(C)C)N(Cc1ccc(Cl)c(Cl)c1)C(=O)CN(c1cccc(Cl)c1C)S(=O)(=O)c1ccc(C)cc1. The zero-order chi connectivity index (χ0) is 31.2. The number of rotatable bonds is 12. The van der Waals surface area contributed by atoms with Crippen molar-refractivity contribution in [1.82, 2.24) is 10.2 Å². The van der Waals surface area contributed by atoms with E-state index in [-0.39, 0.29) is 29.0 Å². The van der Waals surface area contributed by atoms with Gasteiger partial charge in [0, 0.05) is 18.1 Å². The second-order valence-electron chi connectivity index (χ2n) is 10.5. The van der Waals surface area contributed by atoms with Gasteiger partial charge in [-0.1, -0.05) is 85.4 Å². The number of aryl methyl sites for hydroxylation is 1. The Morgan fingerprint density at radius 2 is 1.57 bits per heavy atom. The summed E-state index contributed by atoms with van der Waals surface area (Å²) in [4.78, 5) is 29.0. The molecule has 0 radical (unpaired) electrons. The zero-order valence-electron chi connectivity index (χ0n) is 24.3. The van der Waals surface area contributed by atoms with Crippen LogP contribution >= 0.6 is 34.8 Å². The summed E-state index contributed by atoms with van der Waals surface area (Å²) in [6.07, 6.45) is 0.303. The smallest absolute Gasteiger partial charge is 0.264 e. The van der Waals surface area contributed by atoms with Crippen LogP contribution in [0.15, 0.2) is 65.6 Å². The fourth-order valence-corrected chi connectivity index (χ4v) is 6.36. The summed E-state index contributed by atoms with van der Waals surface area (Å²) >= 11 is 18.8. The first kappa shape index (κ1) is 33.7. The summed E-state index contributed by atoms with van der Waals surface area (Å²) in [5.41, 5.74) is 2.30. The molecule has 0 bridgehead atoms. The number of halogens is 3. The Bertz CT molecular complexity index is 1530. The molecule has 2 amide bonds. The molecule has 0 aromatic heterocycles. The Balaban J connectivity index is 2.10. The van der Waals surface area contributed by atoms with Crippen LogP contribution in [-0.4, -0.2) is 44.3 Å². The van der Waals surface area contributed by atoms with Gasteiger partial charge in [0.1, 0.15) is 12.6 Å². The number of hydrogen-bond donors (Lipinski definition) is 1. The van der Waals surface area contributed by atoms with Crippen molar-refractivity contribution >= 4 is 62.3 Å². The first-order chi connectivity index (χ1) is 19.8. The number of anilines is 1. The molecular weight excluding hydrogens is 617 g/mol. The molecule has 7 nitrogen and oxygen atoms in total. The maximum atomic E-state index is 14.2. The first-order valence-corrected chi connectivity index (χ1v) is 16.2. The highest BCUT2D eigenvalue weighted by molar-refractivity contribution is 7.92. The molecule has 226 valence electrons. The van der Waals surface area contributed by atoms with Gasteiger partial charge in [-0.05, 0) is 73.7 Å². The lowest BCUT2D eigenvalue weighted by Gasteiger charge is -2.34. The minimum atomic E-state index is -4.21. The van der Waals surface area contributed by atoms with E-state index in [1.54, 1.807) is 62.4 Å². The fourth-order valence-electron chi connectivity index (χ4n) is 4.39. The Morgan fingerprint density at radius 3 is 2.17 bits per heavy atom. The molecule has 0 spiro atoms. The van der Waals surface area contributed by atoms with Crippen LogP contribution < -0.4 is 9.62 Å². The van der Waals surface area contributed by atoms with Gasteiger partial charge in [0.25, 0.3) is 10.0 Å². The minimum Gasteiger partial charge on any atom is -0.354 e. The van der Waals surface area contributed by atoms with Gasteiger partial charge in [-0.25, -0.2) is 8.42 Å². The monoisotopic (exact) mass is 651 g/mol. The van der Waals surface area contributed by atoms with E-state index < -0.39 is 28.5 Å². The molecule has 0 aliphatic carbocycles. The van der Waals surface area contributed by atoms with E-state index in [4.69, 9.17) is 34.8 Å². The predicted molar refractivity (Wildman–Crippen MR) is 171 cm³/mol. The second-order valence-corrected chi connectivity index (χ2v) is 13.6. The van der Waals surface area contributed by atoms with Crippen molar-refractivity contribution in [2.75, 3.05) is 17.4 Å². The third-order valence-corrected chi connectivity index (χ3v) is 9.73. The average molecular weight is 653 g/mol. The molecule has 0 aliphatic rings. The van der Waals surface area contributed by atoms with Gasteiger partial charge in [-0.15, -0.1) is 0 Å². The lowest BCUT2D eigenvalue weighted by atomic mass is 10.1. The Labute approximate surface area is 263 Å². The molecule has 1 N–H and O–H groups in total. The van der Waals surface area contributed by atoms with Gasteiger partial charge in [-0.2, -0.15) is 0 Å². The molecule has 1 atom stereocenters. The van der Waals surface area contributed by atoms with Gasteiger partial charge in [0.15, 0.2) is 0 Å². The standard InChI is InChI=1S/C31H36Cl3N3O4S/c1-6-28(31(39)35-17-20(2)3)36(18-23-12-15-26(33)27(34)16-23)30(38)19-37(29-9-7-8-25(32)22(29)5)42(40,41)24-13-10-21(4)11-14-24/h7-16,20,28H,6,17-19H2,1-5H3,(H,35,39)/t28-/m1/s1. The predicted octanol–water partition coefficient (Wildman–Crippen LogP) is 7.04. The zero-order valence-corrected chi connectivity index (χ0v) is 27.4. The summed E-state index contributed by atoms with van der Waals surface area (Å²) in [5, 5.41) is 3.92. The number of amides is 2. The number of carbonyl (C=O) groups excluding carboxylic acids is 2. The summed E-state index contributed by atoms with van der Waals surface area (Å²) < 4.78 is 29.2.